The summed E-state index contributed by atoms with van der Waals surface area (Å²) < 4.78 is 35.6. The number of hydrogen-bond acceptors (Lipinski definition) is 6. The number of carbonyl (C=O) groups is 1. The van der Waals surface area contributed by atoms with E-state index in [0.717, 1.165) is 30.5 Å². The highest BCUT2D eigenvalue weighted by Gasteiger charge is 2.26. The topological polar surface area (TPSA) is 107 Å². The summed E-state index contributed by atoms with van der Waals surface area (Å²) in [5.41, 5.74) is 9.17. The van der Waals surface area contributed by atoms with Crippen LogP contribution in [-0.2, 0) is 6.42 Å². The highest BCUT2D eigenvalue weighted by molar-refractivity contribution is 5.96. The predicted octanol–water partition coefficient (Wildman–Crippen LogP) is 4.60. The van der Waals surface area contributed by atoms with Gasteiger partial charge in [-0.05, 0) is 61.6 Å². The molecule has 0 aliphatic heterocycles. The van der Waals surface area contributed by atoms with Gasteiger partial charge in [-0.1, -0.05) is 6.92 Å². The Kier molecular flexibility index (Phi) is 6.75. The van der Waals surface area contributed by atoms with Crippen molar-refractivity contribution in [1.82, 2.24) is 19.7 Å². The summed E-state index contributed by atoms with van der Waals surface area (Å²) in [5, 5.41) is 6.31. The molecule has 4 aromatic rings. The van der Waals surface area contributed by atoms with Crippen LogP contribution in [0.15, 0.2) is 48.9 Å². The molecular weight excluding hydrogens is 478 g/mol. The second kappa shape index (κ2) is 10.1. The monoisotopic (exact) mass is 506 g/mol. The minimum atomic E-state index is -1.06. The smallest absolute Gasteiger partial charge is 0.251 e. The van der Waals surface area contributed by atoms with Crippen LogP contribution in [0.25, 0.3) is 16.9 Å². The third-order valence-electron chi connectivity index (χ3n) is 6.85. The second-order valence-corrected chi connectivity index (χ2v) is 9.08. The maximum Gasteiger partial charge on any atom is 0.251 e. The van der Waals surface area contributed by atoms with Crippen LogP contribution in [0.4, 0.5) is 20.3 Å². The standard InChI is InChI=1S/C27H28F2N6O2/c1-3-15-13-16(7-8-17(15)27(36)34-20-6-4-5-19(20)30)33-25-26-32-14-21(35(26)12-11-31-25)18-9-10-22(37-2)24(29)23(18)28/h7-14,19-20H,3-6,30H2,1-2H3,(H,31,33)(H,34,36)/t19-,20+/m0/s1. The Labute approximate surface area is 212 Å². The van der Waals surface area contributed by atoms with Gasteiger partial charge in [0.25, 0.3) is 5.91 Å². The van der Waals surface area contributed by atoms with Crippen molar-refractivity contribution in [3.05, 3.63) is 71.7 Å². The maximum atomic E-state index is 14.8. The largest absolute Gasteiger partial charge is 0.494 e. The minimum absolute atomic E-state index is 0.00420. The molecule has 1 fully saturated rings. The molecule has 0 spiro atoms. The van der Waals surface area contributed by atoms with E-state index < -0.39 is 11.6 Å². The number of ether oxygens (including phenoxy) is 1. The normalized spacial score (nSPS) is 17.2. The molecule has 0 unspecified atom stereocenters. The number of benzene rings is 2. The van der Waals surface area contributed by atoms with Gasteiger partial charge in [0.05, 0.1) is 19.0 Å². The van der Waals surface area contributed by atoms with Crippen molar-refractivity contribution < 1.29 is 18.3 Å². The zero-order chi connectivity index (χ0) is 26.1. The molecule has 1 aliphatic carbocycles. The van der Waals surface area contributed by atoms with Crippen LogP contribution in [0.2, 0.25) is 0 Å². The number of carbonyl (C=O) groups excluding carboxylic acids is 1. The lowest BCUT2D eigenvalue weighted by Crippen LogP contribution is -2.44. The van der Waals surface area contributed by atoms with Crippen molar-refractivity contribution in [2.24, 2.45) is 5.73 Å². The molecule has 2 aromatic carbocycles. The molecule has 5 rings (SSSR count). The van der Waals surface area contributed by atoms with Gasteiger partial charge in [-0.25, -0.2) is 14.4 Å². The van der Waals surface area contributed by atoms with Crippen LogP contribution in [-0.4, -0.2) is 39.5 Å². The van der Waals surface area contributed by atoms with Crippen LogP contribution in [0.1, 0.15) is 42.1 Å². The van der Waals surface area contributed by atoms with Gasteiger partial charge in [0.2, 0.25) is 5.82 Å². The number of nitrogens with two attached hydrogens (primary N) is 1. The number of aryl methyl sites for hydroxylation is 1. The number of imidazole rings is 1. The molecule has 2 aromatic heterocycles. The van der Waals surface area contributed by atoms with Crippen LogP contribution in [0.3, 0.4) is 0 Å². The molecule has 10 heteroatoms. The maximum absolute atomic E-state index is 14.8. The Bertz CT molecular complexity index is 1470. The molecule has 0 bridgehead atoms. The first-order valence-corrected chi connectivity index (χ1v) is 12.2. The Morgan fingerprint density at radius 1 is 1.19 bits per heavy atom. The fraction of sp³-hybridized carbons (Fsp3) is 0.296. The first-order valence-electron chi connectivity index (χ1n) is 12.2. The minimum Gasteiger partial charge on any atom is -0.494 e. The van der Waals surface area contributed by atoms with E-state index in [0.29, 0.717) is 29.1 Å². The molecular formula is C27H28F2N6O2. The fourth-order valence-corrected chi connectivity index (χ4v) is 4.83. The van der Waals surface area contributed by atoms with E-state index in [1.807, 2.05) is 13.0 Å². The Balaban J connectivity index is 1.43. The molecule has 192 valence electrons. The number of aromatic nitrogens is 3. The van der Waals surface area contributed by atoms with E-state index in [-0.39, 0.29) is 29.3 Å². The number of halogens is 2. The average Bonchev–Trinajstić information content (AvgIpc) is 3.52. The Morgan fingerprint density at radius 2 is 2.03 bits per heavy atom. The summed E-state index contributed by atoms with van der Waals surface area (Å²) in [6.45, 7) is 1.99. The highest BCUT2D eigenvalue weighted by Crippen LogP contribution is 2.31. The molecule has 0 saturated heterocycles. The fourth-order valence-electron chi connectivity index (χ4n) is 4.83. The molecule has 8 nitrogen and oxygen atoms in total. The predicted molar refractivity (Wildman–Crippen MR) is 137 cm³/mol. The van der Waals surface area contributed by atoms with E-state index in [2.05, 4.69) is 20.6 Å². The number of amides is 1. The van der Waals surface area contributed by atoms with Crippen molar-refractivity contribution in [2.75, 3.05) is 12.4 Å². The summed E-state index contributed by atoms with van der Waals surface area (Å²) in [6, 6.07) is 8.29. The van der Waals surface area contributed by atoms with Gasteiger partial charge in [-0.15, -0.1) is 0 Å². The number of hydrogen-bond donors (Lipinski definition) is 3. The van der Waals surface area contributed by atoms with Gasteiger partial charge < -0.3 is 21.1 Å². The lowest BCUT2D eigenvalue weighted by atomic mass is 10.0. The quantitative estimate of drug-likeness (QED) is 0.338. The summed E-state index contributed by atoms with van der Waals surface area (Å²) in [6.07, 6.45) is 8.12. The lowest BCUT2D eigenvalue weighted by Gasteiger charge is -2.19. The molecule has 37 heavy (non-hydrogen) atoms. The number of nitrogens with one attached hydrogen (secondary N) is 2. The first kappa shape index (κ1) is 24.6. The summed E-state index contributed by atoms with van der Waals surface area (Å²) in [4.78, 5) is 21.7. The molecule has 1 amide bonds. The molecule has 2 heterocycles. The van der Waals surface area contributed by atoms with Gasteiger partial charge in [0.15, 0.2) is 23.0 Å². The number of nitrogens with zero attached hydrogens (tertiary/aromatic N) is 3. The number of anilines is 2. The highest BCUT2D eigenvalue weighted by atomic mass is 19.2. The van der Waals surface area contributed by atoms with E-state index >= 15 is 0 Å². The molecule has 1 aliphatic rings. The number of fused-ring (bicyclic) bond motifs is 1. The van der Waals surface area contributed by atoms with Gasteiger partial charge in [-0.2, -0.15) is 4.39 Å². The Morgan fingerprint density at radius 3 is 2.76 bits per heavy atom. The van der Waals surface area contributed by atoms with Crippen molar-refractivity contribution in [3.63, 3.8) is 0 Å². The van der Waals surface area contributed by atoms with Crippen molar-refractivity contribution in [2.45, 2.75) is 44.7 Å². The zero-order valence-electron chi connectivity index (χ0n) is 20.6. The molecule has 0 radical (unpaired) electrons. The van der Waals surface area contributed by atoms with Crippen LogP contribution >= 0.6 is 0 Å². The van der Waals surface area contributed by atoms with E-state index in [9.17, 15) is 13.6 Å². The second-order valence-electron chi connectivity index (χ2n) is 9.08. The van der Waals surface area contributed by atoms with Gasteiger partial charge in [-0.3, -0.25) is 9.20 Å². The summed E-state index contributed by atoms with van der Waals surface area (Å²) in [5.74, 6) is -1.95. The summed E-state index contributed by atoms with van der Waals surface area (Å²) >= 11 is 0. The van der Waals surface area contributed by atoms with Gasteiger partial charge in [0, 0.05) is 41.3 Å². The zero-order valence-corrected chi connectivity index (χ0v) is 20.6. The molecule has 1 saturated carbocycles. The van der Waals surface area contributed by atoms with E-state index in [1.165, 1.54) is 25.4 Å². The Hall–Kier alpha value is -4.05. The van der Waals surface area contributed by atoms with E-state index in [1.54, 1.807) is 28.9 Å². The third kappa shape index (κ3) is 4.60. The third-order valence-corrected chi connectivity index (χ3v) is 6.85. The number of rotatable bonds is 7. The van der Waals surface area contributed by atoms with Crippen LogP contribution in [0, 0.1) is 11.6 Å². The van der Waals surface area contributed by atoms with Gasteiger partial charge >= 0.3 is 0 Å². The van der Waals surface area contributed by atoms with Crippen molar-refractivity contribution >= 4 is 23.1 Å². The van der Waals surface area contributed by atoms with Crippen LogP contribution < -0.4 is 21.1 Å². The van der Waals surface area contributed by atoms with Gasteiger partial charge in [0.1, 0.15) is 0 Å². The number of methoxy groups -OCH3 is 1. The molecule has 4 N–H and O–H groups in total. The SMILES string of the molecule is CCc1cc(Nc2nccn3c(-c4ccc(OC)c(F)c4F)cnc23)ccc1C(=O)N[C@@H]1CCC[C@@H]1N. The van der Waals surface area contributed by atoms with Crippen molar-refractivity contribution in [3.8, 4) is 17.0 Å². The lowest BCUT2D eigenvalue weighted by molar-refractivity contribution is 0.0933. The van der Waals surface area contributed by atoms with Crippen molar-refractivity contribution in [1.29, 1.82) is 0 Å². The van der Waals surface area contributed by atoms with E-state index in [4.69, 9.17) is 10.5 Å². The average molecular weight is 507 g/mol. The molecule has 2 atom stereocenters. The summed E-state index contributed by atoms with van der Waals surface area (Å²) in [7, 11) is 1.28. The van der Waals surface area contributed by atoms with Crippen LogP contribution in [0.5, 0.6) is 5.75 Å². The first-order chi connectivity index (χ1) is 17.9.